The van der Waals surface area contributed by atoms with E-state index in [1.165, 1.54) is 18.2 Å². The summed E-state index contributed by atoms with van der Waals surface area (Å²) in [4.78, 5) is 11.4. The lowest BCUT2D eigenvalue weighted by Gasteiger charge is -2.07. The van der Waals surface area contributed by atoms with Gasteiger partial charge in [0, 0.05) is 3.57 Å². The molecule has 0 aromatic heterocycles. The van der Waals surface area contributed by atoms with Gasteiger partial charge in [0.2, 0.25) is 5.91 Å². The second-order valence-electron chi connectivity index (χ2n) is 3.39. The average molecular weight is 373 g/mol. The van der Waals surface area contributed by atoms with Gasteiger partial charge in [-0.3, -0.25) is 4.79 Å². The second kappa shape index (κ2) is 7.57. The van der Waals surface area contributed by atoms with Crippen molar-refractivity contribution in [3.05, 3.63) is 27.6 Å². The predicted octanol–water partition coefficient (Wildman–Crippen LogP) is 3.04. The molecular weight excluding hydrogens is 362 g/mol. The lowest BCUT2D eigenvalue weighted by atomic mass is 10.3. The summed E-state index contributed by atoms with van der Waals surface area (Å²) in [5.41, 5.74) is 0.482. The van der Waals surface area contributed by atoms with Crippen molar-refractivity contribution in [2.45, 2.75) is 12.8 Å². The number of nitrogens with one attached hydrogen (secondary N) is 1. The number of anilines is 1. The highest BCUT2D eigenvalue weighted by molar-refractivity contribution is 14.1. The predicted molar refractivity (Wildman–Crippen MR) is 69.2 cm³/mol. The normalized spacial score (nSPS) is 10.7. The Kier molecular flexibility index (Phi) is 6.41. The van der Waals surface area contributed by atoms with Crippen LogP contribution in [0.25, 0.3) is 0 Å². The zero-order valence-corrected chi connectivity index (χ0v) is 11.4. The van der Waals surface area contributed by atoms with Crippen molar-refractivity contribution in [3.8, 4) is 0 Å². The fourth-order valence-corrected chi connectivity index (χ4v) is 1.75. The minimum absolute atomic E-state index is 0.0276. The first kappa shape index (κ1) is 15.2. The summed E-state index contributed by atoms with van der Waals surface area (Å²) in [6.07, 6.45) is -2.56. The van der Waals surface area contributed by atoms with Gasteiger partial charge in [0.05, 0.1) is 18.7 Å². The van der Waals surface area contributed by atoms with E-state index < -0.39 is 18.8 Å². The Bertz CT molecular complexity index is 415. The quantitative estimate of drug-likeness (QED) is 0.615. The third-order valence-electron chi connectivity index (χ3n) is 1.92. The monoisotopic (exact) mass is 373 g/mol. The van der Waals surface area contributed by atoms with Gasteiger partial charge < -0.3 is 10.1 Å². The van der Waals surface area contributed by atoms with Crippen LogP contribution >= 0.6 is 22.6 Å². The third-order valence-corrected chi connectivity index (χ3v) is 2.82. The molecule has 0 aliphatic rings. The molecule has 1 aromatic rings. The average Bonchev–Trinajstić information content (AvgIpc) is 2.28. The Morgan fingerprint density at radius 2 is 2.17 bits per heavy atom. The van der Waals surface area contributed by atoms with Crippen LogP contribution in [0.2, 0.25) is 0 Å². The number of amides is 1. The maximum Gasteiger partial charge on any atom is 0.261 e. The number of benzene rings is 1. The first-order chi connectivity index (χ1) is 8.49. The Morgan fingerprint density at radius 3 is 2.78 bits per heavy atom. The van der Waals surface area contributed by atoms with Crippen molar-refractivity contribution in [1.29, 1.82) is 0 Å². The van der Waals surface area contributed by atoms with Gasteiger partial charge in [-0.1, -0.05) is 0 Å². The zero-order chi connectivity index (χ0) is 13.5. The molecule has 0 spiro atoms. The third kappa shape index (κ3) is 5.67. The summed E-state index contributed by atoms with van der Waals surface area (Å²) in [5, 5.41) is 2.54. The molecule has 0 heterocycles. The number of carbonyl (C=O) groups is 1. The molecule has 0 aliphatic carbocycles. The molecule has 0 radical (unpaired) electrons. The van der Waals surface area contributed by atoms with E-state index in [2.05, 4.69) is 10.1 Å². The van der Waals surface area contributed by atoms with Crippen molar-refractivity contribution < 1.29 is 22.7 Å². The van der Waals surface area contributed by atoms with Gasteiger partial charge in [0.25, 0.3) is 6.43 Å². The van der Waals surface area contributed by atoms with Gasteiger partial charge in [-0.25, -0.2) is 13.2 Å². The first-order valence-corrected chi connectivity index (χ1v) is 6.17. The molecule has 0 aliphatic heterocycles. The Morgan fingerprint density at radius 1 is 1.44 bits per heavy atom. The van der Waals surface area contributed by atoms with Crippen molar-refractivity contribution in [1.82, 2.24) is 0 Å². The molecule has 0 bridgehead atoms. The molecule has 1 N–H and O–H groups in total. The summed E-state index contributed by atoms with van der Waals surface area (Å²) in [6.45, 7) is -0.755. The highest BCUT2D eigenvalue weighted by atomic mass is 127. The number of rotatable bonds is 6. The fourth-order valence-electron chi connectivity index (χ4n) is 1.14. The lowest BCUT2D eigenvalue weighted by Crippen LogP contribution is -2.16. The number of ether oxygens (including phenoxy) is 1. The Balaban J connectivity index is 2.35. The van der Waals surface area contributed by atoms with Crippen LogP contribution in [0.4, 0.5) is 18.9 Å². The van der Waals surface area contributed by atoms with E-state index >= 15 is 0 Å². The highest BCUT2D eigenvalue weighted by Gasteiger charge is 2.07. The summed E-state index contributed by atoms with van der Waals surface area (Å²) in [7, 11) is 0. The van der Waals surface area contributed by atoms with Crippen LogP contribution in [0.3, 0.4) is 0 Å². The molecule has 0 saturated heterocycles. The first-order valence-electron chi connectivity index (χ1n) is 5.10. The molecule has 0 atom stereocenters. The van der Waals surface area contributed by atoms with Crippen molar-refractivity contribution in [2.24, 2.45) is 0 Å². The molecular formula is C11H11F3INO2. The summed E-state index contributed by atoms with van der Waals surface area (Å²) < 4.78 is 41.4. The molecule has 100 valence electrons. The zero-order valence-electron chi connectivity index (χ0n) is 9.26. The maximum atomic E-state index is 12.8. The van der Waals surface area contributed by atoms with Gasteiger partial charge in [0.15, 0.2) is 0 Å². The number of hydrogen-bond acceptors (Lipinski definition) is 2. The van der Waals surface area contributed by atoms with E-state index in [1.807, 2.05) is 22.6 Å². The summed E-state index contributed by atoms with van der Waals surface area (Å²) in [6, 6.07) is 3.95. The maximum absolute atomic E-state index is 12.8. The van der Waals surface area contributed by atoms with Crippen molar-refractivity contribution in [2.75, 3.05) is 18.5 Å². The standard InChI is InChI=1S/C11H11F3INO2/c12-7-1-2-9(8(15)5-7)16-11(17)3-4-18-6-10(13)14/h1-2,5,10H,3-4,6H2,(H,16,17). The lowest BCUT2D eigenvalue weighted by molar-refractivity contribution is -0.117. The smallest absolute Gasteiger partial charge is 0.261 e. The molecule has 1 rings (SSSR count). The minimum atomic E-state index is -2.54. The summed E-state index contributed by atoms with van der Waals surface area (Å²) in [5.74, 6) is -0.758. The molecule has 18 heavy (non-hydrogen) atoms. The molecule has 3 nitrogen and oxygen atoms in total. The van der Waals surface area contributed by atoms with E-state index in [0.29, 0.717) is 9.26 Å². The topological polar surface area (TPSA) is 38.3 Å². The van der Waals surface area contributed by atoms with Crippen molar-refractivity contribution in [3.63, 3.8) is 0 Å². The Hall–Kier alpha value is -0.830. The van der Waals surface area contributed by atoms with Crippen molar-refractivity contribution >= 4 is 34.2 Å². The summed E-state index contributed by atoms with van der Waals surface area (Å²) >= 11 is 1.89. The van der Waals surface area contributed by atoms with Crippen LogP contribution in [0.15, 0.2) is 18.2 Å². The van der Waals surface area contributed by atoms with Crippen LogP contribution in [0.1, 0.15) is 6.42 Å². The van der Waals surface area contributed by atoms with Crippen LogP contribution in [0.5, 0.6) is 0 Å². The molecule has 1 amide bonds. The number of hydrogen-bond donors (Lipinski definition) is 1. The van der Waals surface area contributed by atoms with Gasteiger partial charge in [-0.2, -0.15) is 0 Å². The van der Waals surface area contributed by atoms with Crippen LogP contribution in [0, 0.1) is 9.39 Å². The fraction of sp³-hybridized carbons (Fsp3) is 0.364. The van der Waals surface area contributed by atoms with E-state index in [9.17, 15) is 18.0 Å². The number of halogens is 4. The van der Waals surface area contributed by atoms with Gasteiger partial charge in [0.1, 0.15) is 12.4 Å². The molecule has 1 aromatic carbocycles. The van der Waals surface area contributed by atoms with E-state index in [1.54, 1.807) is 0 Å². The van der Waals surface area contributed by atoms with Gasteiger partial charge in [-0.05, 0) is 40.8 Å². The molecule has 0 unspecified atom stereocenters. The molecule has 0 saturated carbocycles. The molecule has 7 heteroatoms. The largest absolute Gasteiger partial charge is 0.375 e. The SMILES string of the molecule is O=C(CCOCC(F)F)Nc1ccc(F)cc1I. The van der Waals surface area contributed by atoms with Gasteiger partial charge >= 0.3 is 0 Å². The Labute approximate surface area is 116 Å². The highest BCUT2D eigenvalue weighted by Crippen LogP contribution is 2.19. The minimum Gasteiger partial charge on any atom is -0.375 e. The van der Waals surface area contributed by atoms with E-state index in [4.69, 9.17) is 0 Å². The van der Waals surface area contributed by atoms with E-state index in [0.717, 1.165) is 0 Å². The van der Waals surface area contributed by atoms with Crippen LogP contribution < -0.4 is 5.32 Å². The van der Waals surface area contributed by atoms with Gasteiger partial charge in [-0.15, -0.1) is 0 Å². The van der Waals surface area contributed by atoms with Crippen LogP contribution in [-0.2, 0) is 9.53 Å². The van der Waals surface area contributed by atoms with Crippen LogP contribution in [-0.4, -0.2) is 25.5 Å². The number of carbonyl (C=O) groups excluding carboxylic acids is 1. The molecule has 0 fully saturated rings. The second-order valence-corrected chi connectivity index (χ2v) is 4.55. The number of alkyl halides is 2. The van der Waals surface area contributed by atoms with E-state index in [-0.39, 0.29) is 18.9 Å².